The average Bonchev–Trinajstić information content (AvgIpc) is 2.20. The van der Waals surface area contributed by atoms with Gasteiger partial charge >= 0.3 is 5.97 Å². The molecule has 0 amide bonds. The summed E-state index contributed by atoms with van der Waals surface area (Å²) in [7, 11) is 0. The molecule has 88 valence electrons. The van der Waals surface area contributed by atoms with E-state index in [0.717, 1.165) is 12.1 Å². The van der Waals surface area contributed by atoms with E-state index in [9.17, 15) is 9.18 Å². The minimum absolute atomic E-state index is 0.0964. The monoisotopic (exact) mass is 292 g/mol. The summed E-state index contributed by atoms with van der Waals surface area (Å²) in [5, 5.41) is 17.5. The highest BCUT2D eigenvalue weighted by molar-refractivity contribution is 9.10. The van der Waals surface area contributed by atoms with Crippen LogP contribution >= 0.6 is 15.9 Å². The van der Waals surface area contributed by atoms with Gasteiger partial charge in [0.1, 0.15) is 5.82 Å². The van der Waals surface area contributed by atoms with Crippen LogP contribution in [0.3, 0.4) is 0 Å². The zero-order valence-corrected chi connectivity index (χ0v) is 9.78. The lowest BCUT2D eigenvalue weighted by atomic mass is 10.1. The number of carboxylic acids is 1. The van der Waals surface area contributed by atoms with E-state index in [2.05, 4.69) is 15.9 Å². The van der Waals surface area contributed by atoms with Gasteiger partial charge in [0.25, 0.3) is 0 Å². The minimum atomic E-state index is -1.22. The van der Waals surface area contributed by atoms with Crippen LogP contribution in [0, 0.1) is 5.82 Å². The summed E-state index contributed by atoms with van der Waals surface area (Å²) in [6.45, 7) is -0.372. The molecule has 0 saturated carbocycles. The summed E-state index contributed by atoms with van der Waals surface area (Å²) in [6, 6.07) is 3.64. The highest BCUT2D eigenvalue weighted by Gasteiger charge is 2.22. The summed E-state index contributed by atoms with van der Waals surface area (Å²) >= 11 is 3.06. The third-order valence-electron chi connectivity index (χ3n) is 1.85. The fourth-order valence-electron chi connectivity index (χ4n) is 1.18. The molecule has 0 fully saturated rings. The second-order valence-electron chi connectivity index (χ2n) is 2.98. The molecule has 6 heteroatoms. The van der Waals surface area contributed by atoms with Gasteiger partial charge in [-0.2, -0.15) is 0 Å². The van der Waals surface area contributed by atoms with Crippen molar-refractivity contribution in [2.24, 2.45) is 0 Å². The maximum Gasteiger partial charge on any atom is 0.337 e. The number of aliphatic carboxylic acids is 1. The van der Waals surface area contributed by atoms with Crippen molar-refractivity contribution in [3.05, 3.63) is 34.1 Å². The number of rotatable bonds is 5. The highest BCUT2D eigenvalue weighted by Crippen LogP contribution is 2.27. The van der Waals surface area contributed by atoms with Crippen LogP contribution in [0.2, 0.25) is 0 Å². The summed E-state index contributed by atoms with van der Waals surface area (Å²) in [6.07, 6.45) is -1.22. The smallest absolute Gasteiger partial charge is 0.337 e. The van der Waals surface area contributed by atoms with E-state index in [1.807, 2.05) is 0 Å². The molecule has 1 atom stereocenters. The van der Waals surface area contributed by atoms with E-state index in [1.165, 1.54) is 6.07 Å². The number of carboxylic acid groups (broad SMARTS) is 1. The molecule has 0 heterocycles. The largest absolute Gasteiger partial charge is 0.479 e. The van der Waals surface area contributed by atoms with E-state index >= 15 is 0 Å². The molecule has 0 radical (unpaired) electrons. The summed E-state index contributed by atoms with van der Waals surface area (Å²) < 4.78 is 18.1. The number of ether oxygens (including phenoxy) is 1. The topological polar surface area (TPSA) is 66.8 Å². The number of halogens is 2. The summed E-state index contributed by atoms with van der Waals surface area (Å²) in [5.41, 5.74) is 0.308. The van der Waals surface area contributed by atoms with E-state index in [-0.39, 0.29) is 13.2 Å². The van der Waals surface area contributed by atoms with Crippen molar-refractivity contribution in [1.82, 2.24) is 0 Å². The van der Waals surface area contributed by atoms with Crippen molar-refractivity contribution in [1.29, 1.82) is 0 Å². The molecule has 1 unspecified atom stereocenters. The van der Waals surface area contributed by atoms with Crippen molar-refractivity contribution < 1.29 is 24.1 Å². The predicted octanol–water partition coefficient (Wildman–Crippen LogP) is 1.72. The molecular weight excluding hydrogens is 283 g/mol. The first-order chi connectivity index (χ1) is 7.56. The molecule has 4 nitrogen and oxygen atoms in total. The zero-order valence-electron chi connectivity index (χ0n) is 8.19. The van der Waals surface area contributed by atoms with Crippen molar-refractivity contribution in [3.63, 3.8) is 0 Å². The van der Waals surface area contributed by atoms with Gasteiger partial charge in [-0.05, 0) is 12.1 Å². The Morgan fingerprint density at radius 2 is 2.25 bits per heavy atom. The fourth-order valence-corrected chi connectivity index (χ4v) is 1.74. The zero-order chi connectivity index (χ0) is 12.1. The van der Waals surface area contributed by atoms with Crippen LogP contribution in [-0.4, -0.2) is 29.4 Å². The summed E-state index contributed by atoms with van der Waals surface area (Å²) in [5.74, 6) is -1.66. The van der Waals surface area contributed by atoms with Crippen molar-refractivity contribution in [2.45, 2.75) is 6.10 Å². The molecule has 0 spiro atoms. The lowest BCUT2D eigenvalue weighted by Gasteiger charge is -2.14. The van der Waals surface area contributed by atoms with Crippen LogP contribution in [-0.2, 0) is 9.53 Å². The van der Waals surface area contributed by atoms with Gasteiger partial charge < -0.3 is 14.9 Å². The maximum atomic E-state index is 12.8. The van der Waals surface area contributed by atoms with Crippen LogP contribution in [0.1, 0.15) is 11.7 Å². The van der Waals surface area contributed by atoms with Crippen LogP contribution in [0.25, 0.3) is 0 Å². The van der Waals surface area contributed by atoms with Gasteiger partial charge in [0.05, 0.1) is 13.2 Å². The minimum Gasteiger partial charge on any atom is -0.479 e. The quantitative estimate of drug-likeness (QED) is 0.867. The van der Waals surface area contributed by atoms with E-state index in [1.54, 1.807) is 0 Å². The number of carbonyl (C=O) groups is 1. The fraction of sp³-hybridized carbons (Fsp3) is 0.300. The van der Waals surface area contributed by atoms with Gasteiger partial charge in [0.2, 0.25) is 0 Å². The number of hydrogen-bond donors (Lipinski definition) is 2. The number of hydrogen-bond acceptors (Lipinski definition) is 3. The molecule has 0 bridgehead atoms. The van der Waals surface area contributed by atoms with Crippen LogP contribution in [0.5, 0.6) is 0 Å². The molecule has 0 saturated heterocycles. The Bertz CT molecular complexity index is 383. The van der Waals surface area contributed by atoms with Gasteiger partial charge in [-0.25, -0.2) is 9.18 Å². The third kappa shape index (κ3) is 3.26. The maximum absolute atomic E-state index is 12.8. The van der Waals surface area contributed by atoms with E-state index in [0.29, 0.717) is 10.0 Å². The molecule has 0 aliphatic heterocycles. The molecule has 2 N–H and O–H groups in total. The van der Waals surface area contributed by atoms with Crippen LogP contribution in [0.15, 0.2) is 22.7 Å². The van der Waals surface area contributed by atoms with Crippen molar-refractivity contribution in [3.8, 4) is 0 Å². The predicted molar refractivity (Wildman–Crippen MR) is 57.5 cm³/mol. The first-order valence-electron chi connectivity index (χ1n) is 4.46. The second kappa shape index (κ2) is 5.93. The Morgan fingerprint density at radius 3 is 2.75 bits per heavy atom. The first kappa shape index (κ1) is 13.1. The molecule has 0 aliphatic rings. The second-order valence-corrected chi connectivity index (χ2v) is 3.83. The normalized spacial score (nSPS) is 12.4. The van der Waals surface area contributed by atoms with E-state index < -0.39 is 17.9 Å². The highest BCUT2D eigenvalue weighted by atomic mass is 79.9. The van der Waals surface area contributed by atoms with Crippen LogP contribution in [0.4, 0.5) is 4.39 Å². The molecule has 16 heavy (non-hydrogen) atoms. The Hall–Kier alpha value is -0.980. The van der Waals surface area contributed by atoms with Crippen LogP contribution < -0.4 is 0 Å². The molecule has 0 aromatic heterocycles. The number of aliphatic hydroxyl groups excluding tert-OH is 1. The van der Waals surface area contributed by atoms with Gasteiger partial charge in [-0.3, -0.25) is 0 Å². The van der Waals surface area contributed by atoms with Gasteiger partial charge in [-0.1, -0.05) is 22.0 Å². The van der Waals surface area contributed by atoms with E-state index in [4.69, 9.17) is 14.9 Å². The van der Waals surface area contributed by atoms with Gasteiger partial charge in [0, 0.05) is 10.0 Å². The Morgan fingerprint density at radius 1 is 1.56 bits per heavy atom. The molecule has 1 rings (SSSR count). The van der Waals surface area contributed by atoms with Crippen molar-refractivity contribution in [2.75, 3.05) is 13.2 Å². The Balaban J connectivity index is 2.96. The average molecular weight is 293 g/mol. The Kier molecular flexibility index (Phi) is 4.85. The van der Waals surface area contributed by atoms with Gasteiger partial charge in [0.15, 0.2) is 6.10 Å². The first-order valence-corrected chi connectivity index (χ1v) is 5.25. The number of benzene rings is 1. The summed E-state index contributed by atoms with van der Waals surface area (Å²) in [4.78, 5) is 10.9. The van der Waals surface area contributed by atoms with Crippen molar-refractivity contribution >= 4 is 21.9 Å². The SMILES string of the molecule is O=C(O)C(OCCO)c1ccc(F)cc1Br. The lowest BCUT2D eigenvalue weighted by Crippen LogP contribution is -2.17. The molecule has 1 aromatic carbocycles. The standard InChI is InChI=1S/C10H10BrFO4/c11-8-5-6(12)1-2-7(8)9(10(14)15)16-4-3-13/h1-2,5,9,13H,3-4H2,(H,14,15). The molecule has 1 aromatic rings. The third-order valence-corrected chi connectivity index (χ3v) is 2.53. The Labute approximate surface area is 99.8 Å². The number of aliphatic hydroxyl groups is 1. The molecular formula is C10H10BrFO4. The molecule has 0 aliphatic carbocycles. The van der Waals surface area contributed by atoms with Gasteiger partial charge in [-0.15, -0.1) is 0 Å². The lowest BCUT2D eigenvalue weighted by molar-refractivity contribution is -0.151.